The van der Waals surface area contributed by atoms with E-state index in [1.165, 1.54) is 0 Å². The highest BCUT2D eigenvalue weighted by molar-refractivity contribution is 14.1. The number of aliphatic carboxylic acids is 1. The molecule has 1 aromatic rings. The van der Waals surface area contributed by atoms with E-state index in [1.54, 1.807) is 12.1 Å². The molecule has 1 fully saturated rings. The van der Waals surface area contributed by atoms with Crippen LogP contribution in [0.15, 0.2) is 24.3 Å². The molecule has 0 radical (unpaired) electrons. The van der Waals surface area contributed by atoms with E-state index in [-0.39, 0.29) is 18.9 Å². The topological polar surface area (TPSA) is 75.6 Å². The lowest BCUT2D eigenvalue weighted by atomic mass is 9.94. The van der Waals surface area contributed by atoms with Crippen molar-refractivity contribution in [3.05, 3.63) is 33.4 Å². The molecule has 19 heavy (non-hydrogen) atoms. The van der Waals surface area contributed by atoms with Gasteiger partial charge in [0.15, 0.2) is 0 Å². The number of carbonyl (C=O) groups excluding carboxylic acids is 1. The van der Waals surface area contributed by atoms with Gasteiger partial charge in [-0.1, -0.05) is 12.1 Å². The molecule has 0 spiro atoms. The molecule has 1 heterocycles. The van der Waals surface area contributed by atoms with Gasteiger partial charge in [-0.05, 0) is 41.1 Å². The Labute approximate surface area is 124 Å². The van der Waals surface area contributed by atoms with Crippen molar-refractivity contribution in [2.45, 2.75) is 18.4 Å². The second-order valence-corrected chi connectivity index (χ2v) is 5.75. The predicted molar refractivity (Wildman–Crippen MR) is 77.0 cm³/mol. The first kappa shape index (κ1) is 14.3. The van der Waals surface area contributed by atoms with Crippen molar-refractivity contribution >= 4 is 34.5 Å². The fourth-order valence-corrected chi connectivity index (χ4v) is 2.76. The summed E-state index contributed by atoms with van der Waals surface area (Å²) in [5, 5.41) is 11.8. The number of carbonyl (C=O) groups is 2. The minimum atomic E-state index is -0.937. The smallest absolute Gasteiger partial charge is 0.305 e. The standard InChI is InChI=1S/C13H14INO4/c14-10-4-2-1-3-9(10)12(18)15-13(7-11(16)17)5-6-19-8-13/h1-4H,5-8H2,(H,15,18)(H,16,17). The highest BCUT2D eigenvalue weighted by Gasteiger charge is 2.38. The van der Waals surface area contributed by atoms with Gasteiger partial charge in [0, 0.05) is 10.2 Å². The number of hydrogen-bond donors (Lipinski definition) is 2. The lowest BCUT2D eigenvalue weighted by molar-refractivity contribution is -0.138. The van der Waals surface area contributed by atoms with Crippen LogP contribution >= 0.6 is 22.6 Å². The van der Waals surface area contributed by atoms with E-state index < -0.39 is 11.5 Å². The maximum absolute atomic E-state index is 12.2. The normalized spacial score (nSPS) is 22.2. The zero-order valence-corrected chi connectivity index (χ0v) is 12.3. The van der Waals surface area contributed by atoms with Crippen LogP contribution in [0.3, 0.4) is 0 Å². The van der Waals surface area contributed by atoms with E-state index in [0.717, 1.165) is 3.57 Å². The lowest BCUT2D eigenvalue weighted by Gasteiger charge is -2.27. The summed E-state index contributed by atoms with van der Waals surface area (Å²) in [7, 11) is 0. The van der Waals surface area contributed by atoms with Crippen molar-refractivity contribution in [3.63, 3.8) is 0 Å². The van der Waals surface area contributed by atoms with E-state index in [0.29, 0.717) is 18.6 Å². The summed E-state index contributed by atoms with van der Waals surface area (Å²) in [4.78, 5) is 23.2. The zero-order valence-electron chi connectivity index (χ0n) is 10.2. The number of amides is 1. The number of hydrogen-bond acceptors (Lipinski definition) is 3. The monoisotopic (exact) mass is 375 g/mol. The van der Waals surface area contributed by atoms with E-state index in [4.69, 9.17) is 9.84 Å². The van der Waals surface area contributed by atoms with Crippen LogP contribution in [0.5, 0.6) is 0 Å². The molecule has 1 amide bonds. The summed E-state index contributed by atoms with van der Waals surface area (Å²) >= 11 is 2.08. The highest BCUT2D eigenvalue weighted by Crippen LogP contribution is 2.24. The molecule has 5 nitrogen and oxygen atoms in total. The first-order valence-corrected chi connectivity index (χ1v) is 6.97. The molecule has 2 rings (SSSR count). The number of halogens is 1. The third kappa shape index (κ3) is 3.44. The van der Waals surface area contributed by atoms with Crippen LogP contribution in [0.4, 0.5) is 0 Å². The Kier molecular flexibility index (Phi) is 4.41. The van der Waals surface area contributed by atoms with Crippen LogP contribution in [0, 0.1) is 3.57 Å². The van der Waals surface area contributed by atoms with Gasteiger partial charge in [-0.25, -0.2) is 0 Å². The van der Waals surface area contributed by atoms with Gasteiger partial charge >= 0.3 is 5.97 Å². The van der Waals surface area contributed by atoms with Crippen molar-refractivity contribution in [1.82, 2.24) is 5.32 Å². The largest absolute Gasteiger partial charge is 0.481 e. The molecule has 2 N–H and O–H groups in total. The molecule has 6 heteroatoms. The van der Waals surface area contributed by atoms with Gasteiger partial charge in [0.1, 0.15) is 0 Å². The number of ether oxygens (including phenoxy) is 1. The molecule has 1 saturated heterocycles. The van der Waals surface area contributed by atoms with Gasteiger partial charge < -0.3 is 15.2 Å². The molecular weight excluding hydrogens is 361 g/mol. The van der Waals surface area contributed by atoms with Crippen LogP contribution in [0.25, 0.3) is 0 Å². The highest BCUT2D eigenvalue weighted by atomic mass is 127. The van der Waals surface area contributed by atoms with Crippen molar-refractivity contribution in [3.8, 4) is 0 Å². The molecule has 1 unspecified atom stereocenters. The van der Waals surface area contributed by atoms with Crippen LogP contribution in [-0.4, -0.2) is 35.7 Å². The lowest BCUT2D eigenvalue weighted by Crippen LogP contribution is -2.50. The molecule has 0 saturated carbocycles. The minimum Gasteiger partial charge on any atom is -0.481 e. The van der Waals surface area contributed by atoms with Crippen molar-refractivity contribution < 1.29 is 19.4 Å². The number of benzene rings is 1. The molecule has 0 bridgehead atoms. The summed E-state index contributed by atoms with van der Waals surface area (Å²) in [6.07, 6.45) is 0.399. The quantitative estimate of drug-likeness (QED) is 0.785. The molecular formula is C13H14INO4. The van der Waals surface area contributed by atoms with Crippen LogP contribution in [0.1, 0.15) is 23.2 Å². The fraction of sp³-hybridized carbons (Fsp3) is 0.385. The Balaban J connectivity index is 2.16. The summed E-state index contributed by atoms with van der Waals surface area (Å²) in [6, 6.07) is 7.20. The van der Waals surface area contributed by atoms with Gasteiger partial charge in [0.25, 0.3) is 5.91 Å². The summed E-state index contributed by atoms with van der Waals surface area (Å²) in [5.41, 5.74) is -0.235. The SMILES string of the molecule is O=C(O)CC1(NC(=O)c2ccccc2I)CCOC1. The Morgan fingerprint density at radius 1 is 1.42 bits per heavy atom. The predicted octanol–water partition coefficient (Wildman–Crippen LogP) is 1.65. The van der Waals surface area contributed by atoms with Gasteiger partial charge in [0.2, 0.25) is 0 Å². The molecule has 1 aliphatic rings. The average Bonchev–Trinajstić information content (AvgIpc) is 2.76. The van der Waals surface area contributed by atoms with E-state index >= 15 is 0 Å². The second-order valence-electron chi connectivity index (χ2n) is 4.59. The van der Waals surface area contributed by atoms with Gasteiger partial charge in [-0.15, -0.1) is 0 Å². The minimum absolute atomic E-state index is 0.123. The van der Waals surface area contributed by atoms with Gasteiger partial charge in [0.05, 0.1) is 24.1 Å². The summed E-state index contributed by atoms with van der Waals surface area (Å²) in [5.74, 6) is -1.19. The summed E-state index contributed by atoms with van der Waals surface area (Å²) in [6.45, 7) is 0.716. The number of nitrogens with one attached hydrogen (secondary N) is 1. The molecule has 0 aliphatic carbocycles. The van der Waals surface area contributed by atoms with Gasteiger partial charge in [-0.2, -0.15) is 0 Å². The van der Waals surface area contributed by atoms with E-state index in [9.17, 15) is 9.59 Å². The average molecular weight is 375 g/mol. The van der Waals surface area contributed by atoms with Crippen molar-refractivity contribution in [2.75, 3.05) is 13.2 Å². The molecule has 102 valence electrons. The Bertz CT molecular complexity index is 497. The third-order valence-electron chi connectivity index (χ3n) is 3.09. The molecule has 1 aromatic carbocycles. The van der Waals surface area contributed by atoms with Crippen LogP contribution in [0.2, 0.25) is 0 Å². The fourth-order valence-electron chi connectivity index (χ4n) is 2.13. The van der Waals surface area contributed by atoms with E-state index in [2.05, 4.69) is 27.9 Å². The van der Waals surface area contributed by atoms with Crippen LogP contribution in [-0.2, 0) is 9.53 Å². The maximum Gasteiger partial charge on any atom is 0.305 e. The Morgan fingerprint density at radius 2 is 2.16 bits per heavy atom. The molecule has 0 aromatic heterocycles. The van der Waals surface area contributed by atoms with E-state index in [1.807, 2.05) is 12.1 Å². The first-order valence-electron chi connectivity index (χ1n) is 5.89. The third-order valence-corrected chi connectivity index (χ3v) is 4.03. The first-order chi connectivity index (χ1) is 9.02. The summed E-state index contributed by atoms with van der Waals surface area (Å²) < 4.78 is 6.08. The van der Waals surface area contributed by atoms with Crippen LogP contribution < -0.4 is 5.32 Å². The maximum atomic E-state index is 12.2. The number of rotatable bonds is 4. The zero-order chi connectivity index (χ0) is 13.9. The Morgan fingerprint density at radius 3 is 2.74 bits per heavy atom. The number of carboxylic acid groups (broad SMARTS) is 1. The van der Waals surface area contributed by atoms with Crippen molar-refractivity contribution in [2.24, 2.45) is 0 Å². The number of carboxylic acids is 1. The van der Waals surface area contributed by atoms with Gasteiger partial charge in [-0.3, -0.25) is 9.59 Å². The second kappa shape index (κ2) is 5.87. The molecule has 1 aliphatic heterocycles. The molecule has 1 atom stereocenters. The van der Waals surface area contributed by atoms with Crippen molar-refractivity contribution in [1.29, 1.82) is 0 Å². The Hall–Kier alpha value is -1.15.